The lowest BCUT2D eigenvalue weighted by molar-refractivity contribution is 0.426. The summed E-state index contributed by atoms with van der Waals surface area (Å²) in [5.41, 5.74) is 1.48. The van der Waals surface area contributed by atoms with Crippen LogP contribution in [0.3, 0.4) is 0 Å². The van der Waals surface area contributed by atoms with E-state index in [0.29, 0.717) is 0 Å². The van der Waals surface area contributed by atoms with Crippen LogP contribution in [0.1, 0.15) is 122 Å². The molecule has 1 rings (SSSR count). The Morgan fingerprint density at radius 1 is 0.679 bits per heavy atom. The van der Waals surface area contributed by atoms with Gasteiger partial charge in [0.1, 0.15) is 0 Å². The Labute approximate surface area is 177 Å². The molecular formula is C28H48. The number of rotatable bonds is 20. The fourth-order valence-corrected chi connectivity index (χ4v) is 4.26. The van der Waals surface area contributed by atoms with E-state index in [4.69, 9.17) is 0 Å². The van der Waals surface area contributed by atoms with E-state index in [1.165, 1.54) is 121 Å². The second-order valence-electron chi connectivity index (χ2n) is 8.80. The summed E-state index contributed by atoms with van der Waals surface area (Å²) in [4.78, 5) is 0. The molecule has 0 bridgehead atoms. The van der Waals surface area contributed by atoms with E-state index in [1.807, 2.05) is 0 Å². The summed E-state index contributed by atoms with van der Waals surface area (Å²) in [6.45, 7) is 6.27. The summed E-state index contributed by atoms with van der Waals surface area (Å²) >= 11 is 0. The smallest absolute Gasteiger partial charge is 0.0276 e. The molecule has 1 atom stereocenters. The van der Waals surface area contributed by atoms with Crippen molar-refractivity contribution in [1.29, 1.82) is 0 Å². The highest BCUT2D eigenvalue weighted by Crippen LogP contribution is 2.21. The van der Waals surface area contributed by atoms with Gasteiger partial charge in [-0.15, -0.1) is 6.58 Å². The van der Waals surface area contributed by atoms with Crippen LogP contribution in [0.25, 0.3) is 0 Å². The first kappa shape index (κ1) is 25.0. The van der Waals surface area contributed by atoms with Crippen molar-refractivity contribution in [3.8, 4) is 0 Å². The molecule has 0 aliphatic rings. The summed E-state index contributed by atoms with van der Waals surface area (Å²) in [6.07, 6.45) is 27.5. The van der Waals surface area contributed by atoms with Gasteiger partial charge in [0, 0.05) is 0 Å². The van der Waals surface area contributed by atoms with Crippen molar-refractivity contribution in [2.24, 2.45) is 5.92 Å². The largest absolute Gasteiger partial charge is 0.103 e. The molecule has 0 radical (unpaired) electrons. The maximum atomic E-state index is 3.97. The van der Waals surface area contributed by atoms with E-state index in [0.717, 1.165) is 5.92 Å². The van der Waals surface area contributed by atoms with Crippen LogP contribution >= 0.6 is 0 Å². The van der Waals surface area contributed by atoms with Gasteiger partial charge < -0.3 is 0 Å². The number of aryl methyl sites for hydroxylation is 1. The van der Waals surface area contributed by atoms with Crippen LogP contribution in [0.15, 0.2) is 43.0 Å². The Balaban J connectivity index is 1.90. The highest BCUT2D eigenvalue weighted by Gasteiger charge is 2.07. The molecule has 0 heterocycles. The van der Waals surface area contributed by atoms with Crippen molar-refractivity contribution < 1.29 is 0 Å². The normalized spacial score (nSPS) is 12.2. The molecule has 0 aliphatic heterocycles. The van der Waals surface area contributed by atoms with Crippen LogP contribution in [0.5, 0.6) is 0 Å². The third-order valence-electron chi connectivity index (χ3n) is 6.15. The Morgan fingerprint density at radius 3 is 1.68 bits per heavy atom. The molecule has 0 saturated carbocycles. The first-order chi connectivity index (χ1) is 13.9. The van der Waals surface area contributed by atoms with Gasteiger partial charge in [0.05, 0.1) is 0 Å². The second-order valence-corrected chi connectivity index (χ2v) is 8.80. The predicted octanol–water partition coefficient (Wildman–Crippen LogP) is 9.68. The fourth-order valence-electron chi connectivity index (χ4n) is 4.26. The maximum absolute atomic E-state index is 3.97. The quantitative estimate of drug-likeness (QED) is 0.155. The standard InChI is InChI=1S/C28H48/c1-3-5-6-7-8-9-10-11-12-13-14-15-16-18-22-27(21-4-2)25-26-28-23-19-17-20-24-28/h4,17,19-20,23-24,27H,2-3,5-16,18,21-22,25-26H2,1H3. The third-order valence-corrected chi connectivity index (χ3v) is 6.15. The van der Waals surface area contributed by atoms with E-state index in [2.05, 4.69) is 49.9 Å². The lowest BCUT2D eigenvalue weighted by atomic mass is 9.91. The van der Waals surface area contributed by atoms with E-state index in [-0.39, 0.29) is 0 Å². The number of hydrogen-bond donors (Lipinski definition) is 0. The molecule has 0 aromatic heterocycles. The maximum Gasteiger partial charge on any atom is -0.0276 e. The highest BCUT2D eigenvalue weighted by molar-refractivity contribution is 5.14. The van der Waals surface area contributed by atoms with Gasteiger partial charge >= 0.3 is 0 Å². The molecule has 0 N–H and O–H groups in total. The molecule has 0 heteroatoms. The number of unbranched alkanes of at least 4 members (excludes halogenated alkanes) is 13. The number of benzene rings is 1. The highest BCUT2D eigenvalue weighted by atomic mass is 14.1. The van der Waals surface area contributed by atoms with Crippen molar-refractivity contribution in [2.75, 3.05) is 0 Å². The Hall–Kier alpha value is -1.04. The van der Waals surface area contributed by atoms with Crippen LogP contribution in [0.2, 0.25) is 0 Å². The van der Waals surface area contributed by atoms with Gasteiger partial charge in [0.2, 0.25) is 0 Å². The van der Waals surface area contributed by atoms with Crippen molar-refractivity contribution in [3.63, 3.8) is 0 Å². The molecule has 0 aliphatic carbocycles. The molecule has 0 spiro atoms. The molecule has 0 nitrogen and oxygen atoms in total. The number of hydrogen-bond acceptors (Lipinski definition) is 0. The number of allylic oxidation sites excluding steroid dienone is 1. The summed E-state index contributed by atoms with van der Waals surface area (Å²) in [5.74, 6) is 0.829. The zero-order valence-electron chi connectivity index (χ0n) is 19.0. The summed E-state index contributed by atoms with van der Waals surface area (Å²) in [5, 5.41) is 0. The molecule has 28 heavy (non-hydrogen) atoms. The van der Waals surface area contributed by atoms with Crippen molar-refractivity contribution in [2.45, 2.75) is 122 Å². The Kier molecular flexibility index (Phi) is 17.2. The van der Waals surface area contributed by atoms with Crippen molar-refractivity contribution >= 4 is 0 Å². The van der Waals surface area contributed by atoms with Crippen molar-refractivity contribution in [1.82, 2.24) is 0 Å². The molecule has 160 valence electrons. The van der Waals surface area contributed by atoms with E-state index >= 15 is 0 Å². The molecule has 0 amide bonds. The first-order valence-electron chi connectivity index (χ1n) is 12.5. The first-order valence-corrected chi connectivity index (χ1v) is 12.5. The van der Waals surface area contributed by atoms with Gasteiger partial charge in [0.25, 0.3) is 0 Å². The van der Waals surface area contributed by atoms with E-state index in [9.17, 15) is 0 Å². The van der Waals surface area contributed by atoms with Gasteiger partial charge in [-0.2, -0.15) is 0 Å². The monoisotopic (exact) mass is 384 g/mol. The molecule has 0 saturated heterocycles. The summed E-state index contributed by atoms with van der Waals surface area (Å²) < 4.78 is 0. The zero-order valence-corrected chi connectivity index (χ0v) is 19.0. The van der Waals surface area contributed by atoms with Gasteiger partial charge in [-0.05, 0) is 30.7 Å². The van der Waals surface area contributed by atoms with Crippen LogP contribution in [0, 0.1) is 5.92 Å². The Bertz CT molecular complexity index is 433. The van der Waals surface area contributed by atoms with Crippen LogP contribution < -0.4 is 0 Å². The second kappa shape index (κ2) is 19.3. The molecule has 1 aromatic rings. The lowest BCUT2D eigenvalue weighted by Gasteiger charge is -2.15. The van der Waals surface area contributed by atoms with Gasteiger partial charge in [-0.3, -0.25) is 0 Å². The zero-order chi connectivity index (χ0) is 20.1. The van der Waals surface area contributed by atoms with Crippen LogP contribution in [-0.4, -0.2) is 0 Å². The van der Waals surface area contributed by atoms with Crippen LogP contribution in [0.4, 0.5) is 0 Å². The minimum Gasteiger partial charge on any atom is -0.103 e. The van der Waals surface area contributed by atoms with Crippen LogP contribution in [-0.2, 0) is 6.42 Å². The molecule has 0 fully saturated rings. The minimum atomic E-state index is 0.829. The third kappa shape index (κ3) is 14.9. The molecule has 1 unspecified atom stereocenters. The average Bonchev–Trinajstić information content (AvgIpc) is 2.73. The fraction of sp³-hybridized carbons (Fsp3) is 0.714. The van der Waals surface area contributed by atoms with E-state index in [1.54, 1.807) is 0 Å². The van der Waals surface area contributed by atoms with Crippen molar-refractivity contribution in [3.05, 3.63) is 48.6 Å². The SMILES string of the molecule is C=CCC(CCCCCCCCCCCCCCCC)CCc1ccccc1. The minimum absolute atomic E-state index is 0.829. The average molecular weight is 385 g/mol. The summed E-state index contributed by atoms with van der Waals surface area (Å²) in [6, 6.07) is 10.9. The topological polar surface area (TPSA) is 0 Å². The predicted molar refractivity (Wildman–Crippen MR) is 128 cm³/mol. The lowest BCUT2D eigenvalue weighted by Crippen LogP contribution is -2.02. The van der Waals surface area contributed by atoms with Gasteiger partial charge in [-0.1, -0.05) is 140 Å². The van der Waals surface area contributed by atoms with E-state index < -0.39 is 0 Å². The summed E-state index contributed by atoms with van der Waals surface area (Å²) in [7, 11) is 0. The Morgan fingerprint density at radius 2 is 1.18 bits per heavy atom. The molecule has 1 aromatic carbocycles. The molecular weight excluding hydrogens is 336 g/mol. The van der Waals surface area contributed by atoms with Gasteiger partial charge in [-0.25, -0.2) is 0 Å². The van der Waals surface area contributed by atoms with Gasteiger partial charge in [0.15, 0.2) is 0 Å².